The van der Waals surface area contributed by atoms with Crippen LogP contribution in [0.1, 0.15) is 32.5 Å². The van der Waals surface area contributed by atoms with Gasteiger partial charge in [0.2, 0.25) is 0 Å². The van der Waals surface area contributed by atoms with E-state index in [0.717, 1.165) is 0 Å². The average Bonchev–Trinajstić information content (AvgIpc) is 2.35. The largest absolute Gasteiger partial charge is 0.338 e. The van der Waals surface area contributed by atoms with E-state index in [9.17, 15) is 0 Å². The van der Waals surface area contributed by atoms with Crippen molar-refractivity contribution in [2.45, 2.75) is 31.5 Å². The minimum absolute atomic E-state index is 0.466. The normalized spacial score (nSPS) is 16.2. The number of nitrogens with zero attached hydrogens (tertiary/aromatic N) is 2. The van der Waals surface area contributed by atoms with Crippen LogP contribution in [0.25, 0.3) is 0 Å². The second-order valence-electron chi connectivity index (χ2n) is 3.84. The predicted molar refractivity (Wildman–Crippen MR) is 59.2 cm³/mol. The van der Waals surface area contributed by atoms with Gasteiger partial charge in [-0.05, 0) is 5.92 Å². The molecule has 0 saturated carbocycles. The molecule has 0 saturated heterocycles. The molecule has 0 radical (unpaired) electrons. The Kier molecular flexibility index (Phi) is 3.54. The SMILES string of the molecule is CC(C)C(c1nccn1C)C(C)Br. The van der Waals surface area contributed by atoms with Gasteiger partial charge in [0.1, 0.15) is 5.82 Å². The van der Waals surface area contributed by atoms with Crippen molar-refractivity contribution in [3.63, 3.8) is 0 Å². The third-order valence-electron chi connectivity index (χ3n) is 2.37. The highest BCUT2D eigenvalue weighted by molar-refractivity contribution is 9.09. The van der Waals surface area contributed by atoms with Crippen molar-refractivity contribution in [1.29, 1.82) is 0 Å². The third kappa shape index (κ3) is 2.33. The van der Waals surface area contributed by atoms with Gasteiger partial charge in [-0.3, -0.25) is 0 Å². The van der Waals surface area contributed by atoms with Gasteiger partial charge < -0.3 is 4.57 Å². The molecular formula is C10H17BrN2. The van der Waals surface area contributed by atoms with Crippen molar-refractivity contribution >= 4 is 15.9 Å². The molecule has 0 aliphatic heterocycles. The molecule has 13 heavy (non-hydrogen) atoms. The van der Waals surface area contributed by atoms with Gasteiger partial charge in [0, 0.05) is 30.2 Å². The van der Waals surface area contributed by atoms with Gasteiger partial charge in [-0.1, -0.05) is 36.7 Å². The number of aromatic nitrogens is 2. The quantitative estimate of drug-likeness (QED) is 0.748. The van der Waals surface area contributed by atoms with E-state index in [1.807, 2.05) is 19.4 Å². The highest BCUT2D eigenvalue weighted by Crippen LogP contribution is 2.30. The predicted octanol–water partition coefficient (Wildman–Crippen LogP) is 2.94. The second-order valence-corrected chi connectivity index (χ2v) is 5.29. The van der Waals surface area contributed by atoms with Gasteiger partial charge in [0.05, 0.1) is 0 Å². The van der Waals surface area contributed by atoms with E-state index in [1.165, 1.54) is 5.82 Å². The molecule has 1 heterocycles. The van der Waals surface area contributed by atoms with E-state index < -0.39 is 0 Å². The molecule has 0 aliphatic rings. The average molecular weight is 245 g/mol. The Morgan fingerprint density at radius 3 is 2.31 bits per heavy atom. The first-order chi connectivity index (χ1) is 6.04. The van der Waals surface area contributed by atoms with Crippen LogP contribution in [0.4, 0.5) is 0 Å². The van der Waals surface area contributed by atoms with E-state index in [1.54, 1.807) is 0 Å². The van der Waals surface area contributed by atoms with Crippen LogP contribution in [0.5, 0.6) is 0 Å². The Morgan fingerprint density at radius 1 is 1.38 bits per heavy atom. The van der Waals surface area contributed by atoms with Crippen LogP contribution in [0.2, 0.25) is 0 Å². The molecular weight excluding hydrogens is 228 g/mol. The molecule has 0 bridgehead atoms. The van der Waals surface area contributed by atoms with E-state index in [-0.39, 0.29) is 0 Å². The summed E-state index contributed by atoms with van der Waals surface area (Å²) in [7, 11) is 2.05. The lowest BCUT2D eigenvalue weighted by atomic mass is 9.92. The molecule has 0 fully saturated rings. The molecule has 0 spiro atoms. The van der Waals surface area contributed by atoms with Crippen molar-refractivity contribution in [3.05, 3.63) is 18.2 Å². The van der Waals surface area contributed by atoms with Crippen molar-refractivity contribution in [2.24, 2.45) is 13.0 Å². The summed E-state index contributed by atoms with van der Waals surface area (Å²) in [4.78, 5) is 4.86. The van der Waals surface area contributed by atoms with Gasteiger partial charge in [-0.15, -0.1) is 0 Å². The summed E-state index contributed by atoms with van der Waals surface area (Å²) in [6.45, 7) is 6.65. The number of alkyl halides is 1. The molecule has 0 aromatic carbocycles. The number of hydrogen-bond acceptors (Lipinski definition) is 1. The molecule has 0 N–H and O–H groups in total. The molecule has 2 unspecified atom stereocenters. The highest BCUT2D eigenvalue weighted by atomic mass is 79.9. The Balaban J connectivity index is 2.95. The lowest BCUT2D eigenvalue weighted by Crippen LogP contribution is -2.19. The Bertz CT molecular complexity index is 258. The first-order valence-electron chi connectivity index (χ1n) is 4.65. The van der Waals surface area contributed by atoms with Crippen molar-refractivity contribution in [2.75, 3.05) is 0 Å². The maximum Gasteiger partial charge on any atom is 0.112 e. The number of halogens is 1. The van der Waals surface area contributed by atoms with Crippen LogP contribution in [-0.2, 0) is 7.05 Å². The topological polar surface area (TPSA) is 17.8 Å². The fraction of sp³-hybridized carbons (Fsp3) is 0.700. The lowest BCUT2D eigenvalue weighted by molar-refractivity contribution is 0.464. The minimum Gasteiger partial charge on any atom is -0.338 e. The van der Waals surface area contributed by atoms with Crippen molar-refractivity contribution < 1.29 is 0 Å². The van der Waals surface area contributed by atoms with E-state index >= 15 is 0 Å². The Morgan fingerprint density at radius 2 is 2.00 bits per heavy atom. The fourth-order valence-corrected chi connectivity index (χ4v) is 2.58. The number of imidazole rings is 1. The lowest BCUT2D eigenvalue weighted by Gasteiger charge is -2.22. The van der Waals surface area contributed by atoms with Crippen molar-refractivity contribution in [1.82, 2.24) is 9.55 Å². The van der Waals surface area contributed by atoms with Crippen LogP contribution >= 0.6 is 15.9 Å². The van der Waals surface area contributed by atoms with Gasteiger partial charge in [0.25, 0.3) is 0 Å². The van der Waals surface area contributed by atoms with Gasteiger partial charge in [0.15, 0.2) is 0 Å². The minimum atomic E-state index is 0.466. The summed E-state index contributed by atoms with van der Waals surface area (Å²) in [5.41, 5.74) is 0. The number of aryl methyl sites for hydroxylation is 1. The second kappa shape index (κ2) is 4.27. The number of hydrogen-bond donors (Lipinski definition) is 0. The smallest absolute Gasteiger partial charge is 0.112 e. The molecule has 2 nitrogen and oxygen atoms in total. The zero-order valence-corrected chi connectivity index (χ0v) is 10.2. The van der Waals surface area contributed by atoms with Crippen LogP contribution in [0.15, 0.2) is 12.4 Å². The monoisotopic (exact) mass is 244 g/mol. The van der Waals surface area contributed by atoms with Gasteiger partial charge >= 0.3 is 0 Å². The van der Waals surface area contributed by atoms with Gasteiger partial charge in [-0.2, -0.15) is 0 Å². The molecule has 0 aliphatic carbocycles. The summed E-state index contributed by atoms with van der Waals surface area (Å²) >= 11 is 3.64. The maximum absolute atomic E-state index is 4.39. The summed E-state index contributed by atoms with van der Waals surface area (Å²) in [6, 6.07) is 0. The van der Waals surface area contributed by atoms with Crippen molar-refractivity contribution in [3.8, 4) is 0 Å². The van der Waals surface area contributed by atoms with Crippen LogP contribution in [-0.4, -0.2) is 14.4 Å². The summed E-state index contributed by atoms with van der Waals surface area (Å²) in [5.74, 6) is 2.26. The summed E-state index contributed by atoms with van der Waals surface area (Å²) < 4.78 is 2.10. The first kappa shape index (κ1) is 10.8. The van der Waals surface area contributed by atoms with Crippen LogP contribution < -0.4 is 0 Å². The maximum atomic E-state index is 4.39. The Labute approximate surface area is 88.5 Å². The molecule has 1 rings (SSSR count). The third-order valence-corrected chi connectivity index (χ3v) is 2.94. The van der Waals surface area contributed by atoms with Gasteiger partial charge in [-0.25, -0.2) is 4.98 Å². The van der Waals surface area contributed by atoms with E-state index in [2.05, 4.69) is 46.3 Å². The standard InChI is InChI=1S/C10H17BrN2/c1-7(2)9(8(3)11)10-12-5-6-13(10)4/h5-9H,1-4H3. The van der Waals surface area contributed by atoms with Crippen LogP contribution in [0, 0.1) is 5.92 Å². The molecule has 1 aromatic rings. The summed E-state index contributed by atoms with van der Waals surface area (Å²) in [6.07, 6.45) is 3.86. The summed E-state index contributed by atoms with van der Waals surface area (Å²) in [5, 5.41) is 0. The van der Waals surface area contributed by atoms with E-state index in [0.29, 0.717) is 16.7 Å². The zero-order valence-electron chi connectivity index (χ0n) is 8.66. The highest BCUT2D eigenvalue weighted by Gasteiger charge is 2.23. The molecule has 0 amide bonds. The molecule has 3 heteroatoms. The molecule has 2 atom stereocenters. The van der Waals surface area contributed by atoms with Crippen LogP contribution in [0.3, 0.4) is 0 Å². The number of rotatable bonds is 3. The molecule has 74 valence electrons. The molecule has 1 aromatic heterocycles. The Hall–Kier alpha value is -0.310. The fourth-order valence-electron chi connectivity index (χ4n) is 1.73. The first-order valence-corrected chi connectivity index (χ1v) is 5.57. The zero-order chi connectivity index (χ0) is 10.0. The van der Waals surface area contributed by atoms with E-state index in [4.69, 9.17) is 0 Å².